The van der Waals surface area contributed by atoms with Crippen LogP contribution in [0, 0.1) is 5.92 Å². The SMILES string of the molecule is CCCCOc1ccc(C2C3C(NNC3c3ccccc3O)C(=O)N2CCCO)cc1. The Bertz CT molecular complexity index is 889. The molecule has 2 fully saturated rings. The molecular formula is C24H31N3O4. The predicted molar refractivity (Wildman–Crippen MR) is 117 cm³/mol. The van der Waals surface area contributed by atoms with Crippen molar-refractivity contribution in [3.05, 3.63) is 59.7 Å². The van der Waals surface area contributed by atoms with E-state index in [1.54, 1.807) is 12.1 Å². The highest BCUT2D eigenvalue weighted by Crippen LogP contribution is 2.48. The first kappa shape index (κ1) is 21.6. The Balaban J connectivity index is 1.65. The molecule has 0 aromatic heterocycles. The molecule has 2 heterocycles. The first-order chi connectivity index (χ1) is 15.2. The molecule has 4 unspecified atom stereocenters. The first-order valence-corrected chi connectivity index (χ1v) is 11.1. The number of aliphatic hydroxyl groups is 1. The molecule has 0 saturated carbocycles. The fourth-order valence-corrected chi connectivity index (χ4v) is 4.70. The average Bonchev–Trinajstić information content (AvgIpc) is 3.32. The van der Waals surface area contributed by atoms with E-state index in [1.807, 2.05) is 41.3 Å². The number of rotatable bonds is 9. The monoisotopic (exact) mass is 425 g/mol. The number of hydrogen-bond donors (Lipinski definition) is 4. The molecule has 4 N–H and O–H groups in total. The lowest BCUT2D eigenvalue weighted by molar-refractivity contribution is -0.130. The summed E-state index contributed by atoms with van der Waals surface area (Å²) >= 11 is 0. The van der Waals surface area contributed by atoms with Crippen LogP contribution in [0.25, 0.3) is 0 Å². The van der Waals surface area contributed by atoms with Crippen LogP contribution >= 0.6 is 0 Å². The zero-order chi connectivity index (χ0) is 21.8. The molecule has 7 heteroatoms. The quantitative estimate of drug-likeness (QED) is 0.462. The Morgan fingerprint density at radius 2 is 1.77 bits per heavy atom. The van der Waals surface area contributed by atoms with E-state index in [0.29, 0.717) is 19.6 Å². The Morgan fingerprint density at radius 1 is 1.03 bits per heavy atom. The number of ether oxygens (including phenoxy) is 1. The van der Waals surface area contributed by atoms with Crippen molar-refractivity contribution in [3.8, 4) is 11.5 Å². The van der Waals surface area contributed by atoms with Crippen molar-refractivity contribution < 1.29 is 19.7 Å². The summed E-state index contributed by atoms with van der Waals surface area (Å²) in [5, 5.41) is 19.8. The molecule has 2 aromatic carbocycles. The molecule has 4 rings (SSSR count). The number of hydrazine groups is 1. The largest absolute Gasteiger partial charge is 0.508 e. The number of unbranched alkanes of at least 4 members (excludes halogenated alkanes) is 1. The molecule has 2 aliphatic heterocycles. The molecule has 0 radical (unpaired) electrons. The van der Waals surface area contributed by atoms with Crippen LogP contribution in [0.4, 0.5) is 0 Å². The molecule has 1 amide bonds. The Labute approximate surface area is 183 Å². The van der Waals surface area contributed by atoms with Gasteiger partial charge in [-0.05, 0) is 36.6 Å². The van der Waals surface area contributed by atoms with Gasteiger partial charge in [-0.1, -0.05) is 43.7 Å². The van der Waals surface area contributed by atoms with Gasteiger partial charge in [0, 0.05) is 24.6 Å². The number of hydrogen-bond acceptors (Lipinski definition) is 6. The average molecular weight is 426 g/mol. The number of amides is 1. The number of carbonyl (C=O) groups is 1. The van der Waals surface area contributed by atoms with Crippen molar-refractivity contribution in [2.75, 3.05) is 19.8 Å². The number of aromatic hydroxyl groups is 1. The van der Waals surface area contributed by atoms with Gasteiger partial charge in [-0.2, -0.15) is 0 Å². The number of fused-ring (bicyclic) bond motifs is 1. The van der Waals surface area contributed by atoms with Crippen LogP contribution in [-0.2, 0) is 4.79 Å². The second-order valence-electron chi connectivity index (χ2n) is 8.20. The van der Waals surface area contributed by atoms with E-state index in [1.165, 1.54) is 0 Å². The minimum Gasteiger partial charge on any atom is -0.508 e. The van der Waals surface area contributed by atoms with Crippen LogP contribution in [0.2, 0.25) is 0 Å². The maximum atomic E-state index is 13.2. The molecule has 2 aliphatic rings. The molecule has 2 aromatic rings. The van der Waals surface area contributed by atoms with Gasteiger partial charge < -0.3 is 19.8 Å². The van der Waals surface area contributed by atoms with E-state index < -0.39 is 6.04 Å². The lowest BCUT2D eigenvalue weighted by atomic mass is 9.83. The molecule has 4 atom stereocenters. The first-order valence-electron chi connectivity index (χ1n) is 11.1. The summed E-state index contributed by atoms with van der Waals surface area (Å²) in [5.41, 5.74) is 8.18. The molecule has 0 aliphatic carbocycles. The highest BCUT2D eigenvalue weighted by molar-refractivity contribution is 5.86. The fourth-order valence-electron chi connectivity index (χ4n) is 4.70. The van der Waals surface area contributed by atoms with E-state index in [-0.39, 0.29) is 36.3 Å². The number of aliphatic hydroxyl groups excluding tert-OH is 1. The smallest absolute Gasteiger partial charge is 0.242 e. The summed E-state index contributed by atoms with van der Waals surface area (Å²) < 4.78 is 5.80. The maximum Gasteiger partial charge on any atom is 0.242 e. The third-order valence-electron chi connectivity index (χ3n) is 6.23. The Hall–Kier alpha value is -2.61. The Kier molecular flexibility index (Phi) is 6.75. The number of phenolic OH excluding ortho intramolecular Hbond substituents is 1. The van der Waals surface area contributed by atoms with Crippen LogP contribution in [-0.4, -0.2) is 46.8 Å². The summed E-state index contributed by atoms with van der Waals surface area (Å²) in [6, 6.07) is 14.4. The zero-order valence-corrected chi connectivity index (χ0v) is 17.8. The number of likely N-dealkylation sites (tertiary alicyclic amines) is 1. The van der Waals surface area contributed by atoms with Crippen molar-refractivity contribution in [1.82, 2.24) is 15.8 Å². The van der Waals surface area contributed by atoms with Gasteiger partial charge in [0.05, 0.1) is 18.7 Å². The fraction of sp³-hybridized carbons (Fsp3) is 0.458. The summed E-state index contributed by atoms with van der Waals surface area (Å²) in [4.78, 5) is 15.1. The molecule has 2 saturated heterocycles. The maximum absolute atomic E-state index is 13.2. The topological polar surface area (TPSA) is 94.1 Å². The van der Waals surface area contributed by atoms with E-state index >= 15 is 0 Å². The molecule has 0 bridgehead atoms. The second kappa shape index (κ2) is 9.68. The van der Waals surface area contributed by atoms with Gasteiger partial charge in [-0.15, -0.1) is 0 Å². The van der Waals surface area contributed by atoms with Crippen molar-refractivity contribution >= 4 is 5.91 Å². The van der Waals surface area contributed by atoms with Crippen LogP contribution < -0.4 is 15.6 Å². The van der Waals surface area contributed by atoms with Gasteiger partial charge >= 0.3 is 0 Å². The van der Waals surface area contributed by atoms with Crippen LogP contribution in [0.1, 0.15) is 49.4 Å². The van der Waals surface area contributed by atoms with Crippen LogP contribution in [0.15, 0.2) is 48.5 Å². The molecule has 166 valence electrons. The normalized spacial score (nSPS) is 25.1. The number of para-hydroxylation sites is 1. The zero-order valence-electron chi connectivity index (χ0n) is 17.8. The molecule has 7 nitrogen and oxygen atoms in total. The summed E-state index contributed by atoms with van der Waals surface area (Å²) in [6.45, 7) is 3.33. The van der Waals surface area contributed by atoms with Crippen molar-refractivity contribution in [2.24, 2.45) is 5.92 Å². The standard InChI is InChI=1S/C24H31N3O4/c1-2-3-15-31-17-11-9-16(10-12-17)23-20-21(18-7-4-5-8-19(18)29)25-26-22(20)24(30)27(23)13-6-14-28/h4-5,7-12,20-23,25-26,28-29H,2-3,6,13-15H2,1H3. The minimum atomic E-state index is -0.395. The van der Waals surface area contributed by atoms with Gasteiger partial charge in [-0.25, -0.2) is 10.9 Å². The summed E-state index contributed by atoms with van der Waals surface area (Å²) in [5.74, 6) is 0.936. The van der Waals surface area contributed by atoms with E-state index in [9.17, 15) is 15.0 Å². The third-order valence-corrected chi connectivity index (χ3v) is 6.23. The van der Waals surface area contributed by atoms with E-state index in [4.69, 9.17) is 4.74 Å². The number of phenols is 1. The van der Waals surface area contributed by atoms with E-state index in [0.717, 1.165) is 29.7 Å². The van der Waals surface area contributed by atoms with Gasteiger partial charge in [0.1, 0.15) is 17.5 Å². The van der Waals surface area contributed by atoms with Crippen molar-refractivity contribution in [1.29, 1.82) is 0 Å². The number of nitrogens with zero attached hydrogens (tertiary/aromatic N) is 1. The highest BCUT2D eigenvalue weighted by Gasteiger charge is 2.55. The lowest BCUT2D eigenvalue weighted by Gasteiger charge is -2.31. The number of carbonyl (C=O) groups excluding carboxylic acids is 1. The van der Waals surface area contributed by atoms with Gasteiger partial charge in [0.15, 0.2) is 0 Å². The lowest BCUT2D eigenvalue weighted by Crippen LogP contribution is -2.41. The predicted octanol–water partition coefficient (Wildman–Crippen LogP) is 2.67. The summed E-state index contributed by atoms with van der Waals surface area (Å²) in [7, 11) is 0. The molecule has 0 spiro atoms. The van der Waals surface area contributed by atoms with Gasteiger partial charge in [0.25, 0.3) is 0 Å². The number of nitrogens with one attached hydrogen (secondary N) is 2. The summed E-state index contributed by atoms with van der Waals surface area (Å²) in [6.07, 6.45) is 2.62. The van der Waals surface area contributed by atoms with Crippen molar-refractivity contribution in [2.45, 2.75) is 44.3 Å². The van der Waals surface area contributed by atoms with Gasteiger partial charge in [-0.3, -0.25) is 4.79 Å². The third kappa shape index (κ3) is 4.26. The van der Waals surface area contributed by atoms with Crippen molar-refractivity contribution in [3.63, 3.8) is 0 Å². The van der Waals surface area contributed by atoms with Gasteiger partial charge in [0.2, 0.25) is 5.91 Å². The molecular weight excluding hydrogens is 394 g/mol. The second-order valence-corrected chi connectivity index (χ2v) is 8.20. The van der Waals surface area contributed by atoms with Crippen LogP contribution in [0.3, 0.4) is 0 Å². The highest BCUT2D eigenvalue weighted by atomic mass is 16.5. The minimum absolute atomic E-state index is 0.0112. The number of benzene rings is 2. The van der Waals surface area contributed by atoms with E-state index in [2.05, 4.69) is 17.8 Å². The Morgan fingerprint density at radius 3 is 2.48 bits per heavy atom. The van der Waals surface area contributed by atoms with Crippen LogP contribution in [0.5, 0.6) is 11.5 Å². The molecule has 31 heavy (non-hydrogen) atoms.